The normalized spacial score (nSPS) is 10.2. The van der Waals surface area contributed by atoms with Crippen molar-refractivity contribution in [1.29, 1.82) is 0 Å². The van der Waals surface area contributed by atoms with Crippen molar-refractivity contribution < 1.29 is 24.2 Å². The molecule has 1 N–H and O–H groups in total. The zero-order valence-electron chi connectivity index (χ0n) is 14.3. The number of carbonyl (C=O) groups is 2. The van der Waals surface area contributed by atoms with E-state index in [4.69, 9.17) is 9.47 Å². The monoisotopic (exact) mass is 343 g/mol. The van der Waals surface area contributed by atoms with Crippen LogP contribution in [0.25, 0.3) is 0 Å². The van der Waals surface area contributed by atoms with Crippen molar-refractivity contribution >= 4 is 11.9 Å². The number of likely N-dealkylation sites (N-methyl/N-ethyl adjacent to an activating group) is 1. The quantitative estimate of drug-likeness (QED) is 0.782. The zero-order valence-corrected chi connectivity index (χ0v) is 14.3. The number of aromatic hydroxyl groups is 1. The van der Waals surface area contributed by atoms with Crippen LogP contribution in [0.1, 0.15) is 22.8 Å². The van der Waals surface area contributed by atoms with Gasteiger partial charge in [0.25, 0.3) is 5.91 Å². The summed E-state index contributed by atoms with van der Waals surface area (Å²) in [6.07, 6.45) is 0. The van der Waals surface area contributed by atoms with E-state index in [1.807, 2.05) is 31.2 Å². The summed E-state index contributed by atoms with van der Waals surface area (Å²) in [4.78, 5) is 25.4. The summed E-state index contributed by atoms with van der Waals surface area (Å²) < 4.78 is 10.4. The van der Waals surface area contributed by atoms with Crippen LogP contribution < -0.4 is 4.74 Å². The lowest BCUT2D eigenvalue weighted by molar-refractivity contribution is -0.133. The largest absolute Gasteiger partial charge is 0.508 e. The second-order valence-corrected chi connectivity index (χ2v) is 5.45. The number of rotatable bonds is 7. The Kier molecular flexibility index (Phi) is 6.39. The summed E-state index contributed by atoms with van der Waals surface area (Å²) in [5, 5.41) is 9.20. The topological polar surface area (TPSA) is 76.1 Å². The number of phenolic OH excluding ortho intramolecular Hbond substituents is 1. The SMILES string of the molecule is CCOc1ccc(CN(C)C(=O)COC(=O)c2ccc(O)cc2)cc1. The van der Waals surface area contributed by atoms with Crippen molar-refractivity contribution in [1.82, 2.24) is 4.90 Å². The molecule has 132 valence electrons. The third-order valence-electron chi connectivity index (χ3n) is 3.51. The van der Waals surface area contributed by atoms with Crippen LogP contribution in [0, 0.1) is 0 Å². The van der Waals surface area contributed by atoms with Gasteiger partial charge in [-0.2, -0.15) is 0 Å². The molecule has 1 amide bonds. The van der Waals surface area contributed by atoms with Gasteiger partial charge in [0.05, 0.1) is 12.2 Å². The Morgan fingerprint density at radius 1 is 1.04 bits per heavy atom. The Labute approximate surface area is 146 Å². The molecule has 0 spiro atoms. The molecule has 0 aliphatic rings. The van der Waals surface area contributed by atoms with Crippen molar-refractivity contribution in [3.05, 3.63) is 59.7 Å². The van der Waals surface area contributed by atoms with Crippen molar-refractivity contribution in [3.8, 4) is 11.5 Å². The lowest BCUT2D eigenvalue weighted by Gasteiger charge is -2.17. The summed E-state index contributed by atoms with van der Waals surface area (Å²) in [5.74, 6) is -0.0744. The molecule has 2 aromatic rings. The molecule has 0 aromatic heterocycles. The van der Waals surface area contributed by atoms with Crippen molar-refractivity contribution in [3.63, 3.8) is 0 Å². The molecule has 25 heavy (non-hydrogen) atoms. The van der Waals surface area contributed by atoms with Gasteiger partial charge in [0.2, 0.25) is 0 Å². The van der Waals surface area contributed by atoms with E-state index in [1.54, 1.807) is 7.05 Å². The summed E-state index contributed by atoms with van der Waals surface area (Å²) in [6.45, 7) is 2.58. The fraction of sp³-hybridized carbons (Fsp3) is 0.263. The number of ether oxygens (including phenoxy) is 2. The van der Waals surface area contributed by atoms with E-state index in [9.17, 15) is 14.7 Å². The minimum atomic E-state index is -0.609. The van der Waals surface area contributed by atoms with Gasteiger partial charge in [0.15, 0.2) is 6.61 Å². The van der Waals surface area contributed by atoms with Crippen LogP contribution >= 0.6 is 0 Å². The highest BCUT2D eigenvalue weighted by molar-refractivity contribution is 5.91. The van der Waals surface area contributed by atoms with Gasteiger partial charge in [-0.25, -0.2) is 4.79 Å². The van der Waals surface area contributed by atoms with Gasteiger partial charge in [-0.3, -0.25) is 4.79 Å². The van der Waals surface area contributed by atoms with Gasteiger partial charge in [-0.05, 0) is 48.9 Å². The molecule has 6 heteroatoms. The van der Waals surface area contributed by atoms with E-state index in [1.165, 1.54) is 29.2 Å². The summed E-state index contributed by atoms with van der Waals surface area (Å²) in [7, 11) is 1.65. The second-order valence-electron chi connectivity index (χ2n) is 5.45. The fourth-order valence-corrected chi connectivity index (χ4v) is 2.14. The predicted molar refractivity (Wildman–Crippen MR) is 92.5 cm³/mol. The molecule has 0 saturated heterocycles. The van der Waals surface area contributed by atoms with Gasteiger partial charge >= 0.3 is 5.97 Å². The van der Waals surface area contributed by atoms with Gasteiger partial charge in [-0.1, -0.05) is 12.1 Å². The van der Waals surface area contributed by atoms with Crippen LogP contribution in [0.15, 0.2) is 48.5 Å². The maximum Gasteiger partial charge on any atom is 0.338 e. The molecule has 6 nitrogen and oxygen atoms in total. The number of hydrogen-bond donors (Lipinski definition) is 1. The third kappa shape index (κ3) is 5.53. The van der Waals surface area contributed by atoms with E-state index in [-0.39, 0.29) is 23.8 Å². The van der Waals surface area contributed by atoms with Crippen molar-refractivity contribution in [2.45, 2.75) is 13.5 Å². The molecular weight excluding hydrogens is 322 g/mol. The van der Waals surface area contributed by atoms with E-state index in [0.29, 0.717) is 13.2 Å². The predicted octanol–water partition coefficient (Wildman–Crippen LogP) is 2.61. The highest BCUT2D eigenvalue weighted by Gasteiger charge is 2.14. The van der Waals surface area contributed by atoms with E-state index in [0.717, 1.165) is 11.3 Å². The lowest BCUT2D eigenvalue weighted by atomic mass is 10.2. The average molecular weight is 343 g/mol. The maximum absolute atomic E-state index is 12.1. The number of carbonyl (C=O) groups excluding carboxylic acids is 2. The molecule has 0 unspecified atom stereocenters. The molecule has 0 bridgehead atoms. The molecule has 0 saturated carbocycles. The van der Waals surface area contributed by atoms with E-state index in [2.05, 4.69) is 0 Å². The van der Waals surface area contributed by atoms with Crippen LogP contribution in [0.2, 0.25) is 0 Å². The number of esters is 1. The number of phenols is 1. The minimum absolute atomic E-state index is 0.0581. The first-order valence-corrected chi connectivity index (χ1v) is 7.91. The Morgan fingerprint density at radius 3 is 2.28 bits per heavy atom. The molecule has 0 aliphatic heterocycles. The van der Waals surface area contributed by atoms with Crippen LogP contribution in [-0.4, -0.2) is 42.1 Å². The van der Waals surface area contributed by atoms with Gasteiger partial charge in [0, 0.05) is 13.6 Å². The van der Waals surface area contributed by atoms with Crippen molar-refractivity contribution in [2.75, 3.05) is 20.3 Å². The first kappa shape index (κ1) is 18.3. The smallest absolute Gasteiger partial charge is 0.338 e. The fourth-order valence-electron chi connectivity index (χ4n) is 2.14. The molecule has 0 radical (unpaired) electrons. The summed E-state index contributed by atoms with van der Waals surface area (Å²) in [5.41, 5.74) is 1.23. The minimum Gasteiger partial charge on any atom is -0.508 e. The van der Waals surface area contributed by atoms with Crippen LogP contribution in [0.3, 0.4) is 0 Å². The zero-order chi connectivity index (χ0) is 18.2. The molecule has 0 atom stereocenters. The standard InChI is InChI=1S/C19H21NO5/c1-3-24-17-10-4-14(5-11-17)12-20(2)18(22)13-25-19(23)15-6-8-16(21)9-7-15/h4-11,21H,3,12-13H2,1-2H3. The summed E-state index contributed by atoms with van der Waals surface area (Å²) >= 11 is 0. The van der Waals surface area contributed by atoms with Gasteiger partial charge in [-0.15, -0.1) is 0 Å². The van der Waals surface area contributed by atoms with E-state index >= 15 is 0 Å². The maximum atomic E-state index is 12.1. The van der Waals surface area contributed by atoms with E-state index < -0.39 is 5.97 Å². The first-order chi connectivity index (χ1) is 12.0. The summed E-state index contributed by atoms with van der Waals surface area (Å²) in [6, 6.07) is 13.1. The second kappa shape index (κ2) is 8.73. The van der Waals surface area contributed by atoms with Crippen LogP contribution in [0.4, 0.5) is 0 Å². The van der Waals surface area contributed by atoms with Crippen LogP contribution in [-0.2, 0) is 16.1 Å². The van der Waals surface area contributed by atoms with Gasteiger partial charge < -0.3 is 19.5 Å². The molecule has 2 rings (SSSR count). The number of amides is 1. The Hall–Kier alpha value is -3.02. The molecule has 0 heterocycles. The molecule has 2 aromatic carbocycles. The molecule has 0 fully saturated rings. The lowest BCUT2D eigenvalue weighted by Crippen LogP contribution is -2.30. The average Bonchev–Trinajstić information content (AvgIpc) is 2.61. The first-order valence-electron chi connectivity index (χ1n) is 7.91. The van der Waals surface area contributed by atoms with Crippen molar-refractivity contribution in [2.24, 2.45) is 0 Å². The highest BCUT2D eigenvalue weighted by atomic mass is 16.5. The third-order valence-corrected chi connectivity index (χ3v) is 3.51. The number of hydrogen-bond acceptors (Lipinski definition) is 5. The Morgan fingerprint density at radius 2 is 1.68 bits per heavy atom. The number of nitrogens with zero attached hydrogens (tertiary/aromatic N) is 1. The number of benzene rings is 2. The molecular formula is C19H21NO5. The molecule has 0 aliphatic carbocycles. The van der Waals surface area contributed by atoms with Crippen LogP contribution in [0.5, 0.6) is 11.5 Å². The Balaban J connectivity index is 1.83. The van der Waals surface area contributed by atoms with Gasteiger partial charge in [0.1, 0.15) is 11.5 Å². The highest BCUT2D eigenvalue weighted by Crippen LogP contribution is 2.14. The Bertz CT molecular complexity index is 710.